The Morgan fingerprint density at radius 2 is 1.86 bits per heavy atom. The number of nitrogens with zero attached hydrogens (tertiary/aromatic N) is 2. The topological polar surface area (TPSA) is 34.5 Å². The van der Waals surface area contributed by atoms with E-state index in [-0.39, 0.29) is 12.1 Å². The lowest BCUT2D eigenvalue weighted by molar-refractivity contribution is 0.206. The van der Waals surface area contributed by atoms with E-state index in [1.54, 1.807) is 0 Å². The molecular formula is C19H14N2O. The molecule has 1 aromatic heterocycles. The van der Waals surface area contributed by atoms with E-state index in [1.165, 1.54) is 11.1 Å². The van der Waals surface area contributed by atoms with Crippen molar-refractivity contribution >= 4 is 16.8 Å². The van der Waals surface area contributed by atoms with Crippen molar-refractivity contribution in [2.45, 2.75) is 18.6 Å². The first-order valence-electron chi connectivity index (χ1n) is 7.56. The molecule has 0 bridgehead atoms. The summed E-state index contributed by atoms with van der Waals surface area (Å²) in [6.07, 6.45) is 2.88. The van der Waals surface area contributed by atoms with Crippen molar-refractivity contribution in [3.63, 3.8) is 0 Å². The highest BCUT2D eigenvalue weighted by molar-refractivity contribution is 6.06. The molecule has 2 aliphatic rings. The number of ether oxygens (including phenoxy) is 1. The summed E-state index contributed by atoms with van der Waals surface area (Å²) in [6.45, 7) is 0. The average molecular weight is 286 g/mol. The number of pyridine rings is 1. The van der Waals surface area contributed by atoms with E-state index < -0.39 is 0 Å². The number of fused-ring (bicyclic) bond motifs is 4. The van der Waals surface area contributed by atoms with Crippen molar-refractivity contribution < 1.29 is 4.74 Å². The SMILES string of the molecule is c1ccc2c(c1)C[C@H]1OC(c3cccc4cccnc34)=N[C@@H]21. The lowest BCUT2D eigenvalue weighted by Gasteiger charge is -2.10. The summed E-state index contributed by atoms with van der Waals surface area (Å²) < 4.78 is 6.17. The van der Waals surface area contributed by atoms with Crippen LogP contribution >= 0.6 is 0 Å². The lowest BCUT2D eigenvalue weighted by Crippen LogP contribution is -2.13. The van der Waals surface area contributed by atoms with Gasteiger partial charge in [0.25, 0.3) is 0 Å². The molecule has 3 nitrogen and oxygen atoms in total. The summed E-state index contributed by atoms with van der Waals surface area (Å²) in [5.41, 5.74) is 4.61. The van der Waals surface area contributed by atoms with Crippen LogP contribution in [0, 0.1) is 0 Å². The quantitative estimate of drug-likeness (QED) is 0.684. The Bertz CT molecular complexity index is 911. The number of para-hydroxylation sites is 1. The van der Waals surface area contributed by atoms with Gasteiger partial charge in [-0.1, -0.05) is 42.5 Å². The van der Waals surface area contributed by atoms with Gasteiger partial charge in [-0.3, -0.25) is 4.98 Å². The highest BCUT2D eigenvalue weighted by Crippen LogP contribution is 2.41. The molecule has 22 heavy (non-hydrogen) atoms. The van der Waals surface area contributed by atoms with Crippen molar-refractivity contribution in [3.8, 4) is 0 Å². The number of rotatable bonds is 1. The van der Waals surface area contributed by atoms with Gasteiger partial charge in [-0.2, -0.15) is 0 Å². The molecule has 0 saturated heterocycles. The lowest BCUT2D eigenvalue weighted by atomic mass is 10.1. The van der Waals surface area contributed by atoms with Crippen LogP contribution in [-0.2, 0) is 11.2 Å². The molecule has 106 valence electrons. The van der Waals surface area contributed by atoms with Gasteiger partial charge in [-0.25, -0.2) is 4.99 Å². The van der Waals surface area contributed by atoms with Gasteiger partial charge in [0.05, 0.1) is 11.1 Å². The molecule has 1 aliphatic carbocycles. The van der Waals surface area contributed by atoms with Crippen molar-refractivity contribution in [3.05, 3.63) is 77.5 Å². The van der Waals surface area contributed by atoms with Crippen LogP contribution in [0.15, 0.2) is 65.8 Å². The smallest absolute Gasteiger partial charge is 0.219 e. The van der Waals surface area contributed by atoms with Crippen molar-refractivity contribution in [2.24, 2.45) is 4.99 Å². The van der Waals surface area contributed by atoms with Gasteiger partial charge >= 0.3 is 0 Å². The molecule has 2 heterocycles. The van der Waals surface area contributed by atoms with Crippen molar-refractivity contribution in [2.75, 3.05) is 0 Å². The number of aromatic nitrogens is 1. The van der Waals surface area contributed by atoms with Crippen LogP contribution in [-0.4, -0.2) is 17.0 Å². The second kappa shape index (κ2) is 4.41. The summed E-state index contributed by atoms with van der Waals surface area (Å²) in [7, 11) is 0. The van der Waals surface area contributed by atoms with Crippen LogP contribution in [0.25, 0.3) is 10.9 Å². The summed E-state index contributed by atoms with van der Waals surface area (Å²) in [4.78, 5) is 9.37. The third-order valence-corrected chi connectivity index (χ3v) is 4.53. The Labute approximate surface area is 128 Å². The van der Waals surface area contributed by atoms with Crippen molar-refractivity contribution in [1.82, 2.24) is 4.98 Å². The molecule has 2 aromatic carbocycles. The Hall–Kier alpha value is -2.68. The minimum Gasteiger partial charge on any atom is -0.471 e. The van der Waals surface area contributed by atoms with E-state index in [1.807, 2.05) is 24.4 Å². The highest BCUT2D eigenvalue weighted by Gasteiger charge is 2.39. The third kappa shape index (κ3) is 1.62. The molecule has 0 radical (unpaired) electrons. The van der Waals surface area contributed by atoms with Crippen LogP contribution in [0.2, 0.25) is 0 Å². The fourth-order valence-electron chi connectivity index (χ4n) is 3.51. The van der Waals surface area contributed by atoms with Gasteiger partial charge in [0.15, 0.2) is 0 Å². The molecule has 0 amide bonds. The first-order chi connectivity index (χ1) is 10.9. The zero-order chi connectivity index (χ0) is 14.5. The number of benzene rings is 2. The maximum absolute atomic E-state index is 6.17. The maximum Gasteiger partial charge on any atom is 0.219 e. The molecule has 1 aliphatic heterocycles. The van der Waals surface area contributed by atoms with Gasteiger partial charge < -0.3 is 4.74 Å². The van der Waals surface area contributed by atoms with E-state index in [4.69, 9.17) is 9.73 Å². The summed E-state index contributed by atoms with van der Waals surface area (Å²) in [5, 5.41) is 1.11. The first-order valence-corrected chi connectivity index (χ1v) is 7.56. The average Bonchev–Trinajstić information content (AvgIpc) is 3.12. The zero-order valence-electron chi connectivity index (χ0n) is 11.9. The van der Waals surface area contributed by atoms with E-state index in [2.05, 4.69) is 41.4 Å². The summed E-state index contributed by atoms with van der Waals surface area (Å²) in [5.74, 6) is 0.730. The normalized spacial score (nSPS) is 22.1. The fraction of sp³-hybridized carbons (Fsp3) is 0.158. The summed E-state index contributed by atoms with van der Waals surface area (Å²) >= 11 is 0. The molecule has 3 aromatic rings. The molecule has 3 heteroatoms. The molecule has 5 rings (SSSR count). The van der Waals surface area contributed by atoms with Crippen molar-refractivity contribution in [1.29, 1.82) is 0 Å². The first kappa shape index (κ1) is 11.9. The van der Waals surface area contributed by atoms with Gasteiger partial charge in [0, 0.05) is 18.0 Å². The predicted molar refractivity (Wildman–Crippen MR) is 86.0 cm³/mol. The van der Waals surface area contributed by atoms with Crippen LogP contribution in [0.4, 0.5) is 0 Å². The third-order valence-electron chi connectivity index (χ3n) is 4.53. The number of hydrogen-bond acceptors (Lipinski definition) is 3. The van der Waals surface area contributed by atoms with Crippen LogP contribution in [0.5, 0.6) is 0 Å². The largest absolute Gasteiger partial charge is 0.471 e. The fourth-order valence-corrected chi connectivity index (χ4v) is 3.51. The van der Waals surface area contributed by atoms with E-state index >= 15 is 0 Å². The molecule has 0 spiro atoms. The summed E-state index contributed by atoms with van der Waals surface area (Å²) in [6, 6.07) is 18.8. The minimum absolute atomic E-state index is 0.130. The van der Waals surface area contributed by atoms with E-state index in [0.29, 0.717) is 0 Å². The number of aliphatic imine (C=N–C) groups is 1. The Balaban J connectivity index is 1.63. The molecular weight excluding hydrogens is 272 g/mol. The molecule has 2 atom stereocenters. The minimum atomic E-state index is 0.130. The van der Waals surface area contributed by atoms with Gasteiger partial charge in [0.2, 0.25) is 5.90 Å². The van der Waals surface area contributed by atoms with Crippen LogP contribution in [0.1, 0.15) is 22.7 Å². The molecule has 0 N–H and O–H groups in total. The Morgan fingerprint density at radius 3 is 2.86 bits per heavy atom. The standard InChI is InChI=1S/C19H14N2O/c1-2-8-14-13(5-1)11-16-18(14)21-19(22-16)15-9-3-6-12-7-4-10-20-17(12)15/h1-10,16,18H,11H2/t16-,18+/m1/s1. The van der Waals surface area contributed by atoms with Crippen LogP contribution in [0.3, 0.4) is 0 Å². The molecule has 0 unspecified atom stereocenters. The van der Waals surface area contributed by atoms with E-state index in [0.717, 1.165) is 28.8 Å². The monoisotopic (exact) mass is 286 g/mol. The van der Waals surface area contributed by atoms with Gasteiger partial charge in [0.1, 0.15) is 12.1 Å². The Morgan fingerprint density at radius 1 is 0.955 bits per heavy atom. The second-order valence-electron chi connectivity index (χ2n) is 5.82. The van der Waals surface area contributed by atoms with Crippen LogP contribution < -0.4 is 0 Å². The van der Waals surface area contributed by atoms with E-state index in [9.17, 15) is 0 Å². The van der Waals surface area contributed by atoms with Gasteiger partial charge in [-0.05, 0) is 23.3 Å². The predicted octanol–water partition coefficient (Wildman–Crippen LogP) is 3.68. The maximum atomic E-state index is 6.17. The zero-order valence-corrected chi connectivity index (χ0v) is 11.9. The highest BCUT2D eigenvalue weighted by atomic mass is 16.5. The molecule has 0 fully saturated rings. The number of hydrogen-bond donors (Lipinski definition) is 0. The Kier molecular flexibility index (Phi) is 2.39. The van der Waals surface area contributed by atoms with Gasteiger partial charge in [-0.15, -0.1) is 0 Å². The molecule has 0 saturated carbocycles. The second-order valence-corrected chi connectivity index (χ2v) is 5.82.